The van der Waals surface area contributed by atoms with E-state index in [0.29, 0.717) is 17.2 Å². The Bertz CT molecular complexity index is 886. The number of carboxylic acids is 1. The van der Waals surface area contributed by atoms with Crippen molar-refractivity contribution in [2.45, 2.75) is 52.0 Å². The van der Waals surface area contributed by atoms with Crippen LogP contribution in [0.4, 0.5) is 5.00 Å². The molecule has 0 saturated heterocycles. The zero-order valence-electron chi connectivity index (χ0n) is 15.7. The summed E-state index contributed by atoms with van der Waals surface area (Å²) >= 11 is 1.42. The van der Waals surface area contributed by atoms with Crippen molar-refractivity contribution >= 4 is 34.2 Å². The van der Waals surface area contributed by atoms with E-state index in [4.69, 9.17) is 9.84 Å². The molecule has 2 aromatic heterocycles. The van der Waals surface area contributed by atoms with Crippen molar-refractivity contribution in [3.63, 3.8) is 0 Å². The Balaban J connectivity index is 1.79. The summed E-state index contributed by atoms with van der Waals surface area (Å²) in [5.41, 5.74) is 1.62. The van der Waals surface area contributed by atoms with Crippen molar-refractivity contribution < 1.29 is 24.2 Å². The van der Waals surface area contributed by atoms with Gasteiger partial charge >= 0.3 is 11.9 Å². The summed E-state index contributed by atoms with van der Waals surface area (Å²) in [7, 11) is 0. The molecular weight excluding hydrogens is 382 g/mol. The number of hydrogen-bond donors (Lipinski definition) is 2. The fraction of sp³-hybridized carbons (Fsp3) is 0.474. The van der Waals surface area contributed by atoms with Gasteiger partial charge < -0.3 is 15.2 Å². The Kier molecular flexibility index (Phi) is 6.45. The van der Waals surface area contributed by atoms with Crippen LogP contribution in [-0.2, 0) is 28.9 Å². The first kappa shape index (κ1) is 20.1. The normalized spacial score (nSPS) is 13.0. The Hall–Kier alpha value is -2.68. The van der Waals surface area contributed by atoms with Crippen molar-refractivity contribution in [3.8, 4) is 0 Å². The topological polar surface area (TPSA) is 111 Å². The molecule has 0 aliphatic heterocycles. The van der Waals surface area contributed by atoms with Crippen LogP contribution < -0.4 is 5.32 Å². The van der Waals surface area contributed by atoms with E-state index in [2.05, 4.69) is 10.4 Å². The summed E-state index contributed by atoms with van der Waals surface area (Å²) in [6.45, 7) is 2.45. The minimum Gasteiger partial charge on any atom is -0.481 e. The third-order valence-corrected chi connectivity index (χ3v) is 5.68. The molecule has 1 amide bonds. The van der Waals surface area contributed by atoms with Gasteiger partial charge in [-0.25, -0.2) is 4.79 Å². The van der Waals surface area contributed by atoms with E-state index in [9.17, 15) is 14.4 Å². The second kappa shape index (κ2) is 9.01. The van der Waals surface area contributed by atoms with Crippen LogP contribution >= 0.6 is 11.3 Å². The average molecular weight is 405 g/mol. The van der Waals surface area contributed by atoms with Gasteiger partial charge in [-0.15, -0.1) is 11.3 Å². The molecular formula is C19H23N3O5S. The lowest BCUT2D eigenvalue weighted by Gasteiger charge is -2.12. The Labute approximate surface area is 166 Å². The minimum atomic E-state index is -0.930. The number of fused-ring (bicyclic) bond motifs is 1. The van der Waals surface area contributed by atoms with Crippen molar-refractivity contribution in [1.82, 2.24) is 9.78 Å². The van der Waals surface area contributed by atoms with Crippen molar-refractivity contribution in [2.75, 3.05) is 11.9 Å². The molecule has 3 rings (SSSR count). The maximum Gasteiger partial charge on any atom is 0.341 e. The molecule has 0 unspecified atom stereocenters. The number of carbonyl (C=O) groups excluding carboxylic acids is 2. The Morgan fingerprint density at radius 1 is 1.32 bits per heavy atom. The average Bonchev–Trinajstić information content (AvgIpc) is 3.28. The second-order valence-electron chi connectivity index (χ2n) is 6.61. The number of aliphatic carboxylic acids is 1. The summed E-state index contributed by atoms with van der Waals surface area (Å²) in [5, 5.41) is 16.2. The van der Waals surface area contributed by atoms with E-state index >= 15 is 0 Å². The molecule has 0 bridgehead atoms. The fourth-order valence-corrected chi connectivity index (χ4v) is 4.39. The highest BCUT2D eigenvalue weighted by Crippen LogP contribution is 2.38. The fourth-order valence-electron chi connectivity index (χ4n) is 3.12. The first-order valence-corrected chi connectivity index (χ1v) is 10.2. The highest BCUT2D eigenvalue weighted by molar-refractivity contribution is 7.17. The SMILES string of the molecule is CCCOC(=O)c1c(NC(=O)c2ccn(CCC(=O)O)n2)sc2c1CCCC2. The highest BCUT2D eigenvalue weighted by Gasteiger charge is 2.27. The number of hydrogen-bond acceptors (Lipinski definition) is 6. The number of nitrogens with zero attached hydrogens (tertiary/aromatic N) is 2. The van der Waals surface area contributed by atoms with E-state index in [1.165, 1.54) is 22.1 Å². The third-order valence-electron chi connectivity index (χ3n) is 4.47. The third kappa shape index (κ3) is 4.59. The van der Waals surface area contributed by atoms with Gasteiger partial charge in [-0.1, -0.05) is 6.92 Å². The van der Waals surface area contributed by atoms with Crippen LogP contribution in [0.3, 0.4) is 0 Å². The van der Waals surface area contributed by atoms with Gasteiger partial charge in [-0.3, -0.25) is 14.3 Å². The molecule has 1 aliphatic carbocycles. The number of esters is 1. The maximum absolute atomic E-state index is 12.6. The van der Waals surface area contributed by atoms with Gasteiger partial charge in [-0.05, 0) is 43.7 Å². The Morgan fingerprint density at radius 3 is 2.86 bits per heavy atom. The van der Waals surface area contributed by atoms with Crippen LogP contribution in [0, 0.1) is 0 Å². The molecule has 2 heterocycles. The maximum atomic E-state index is 12.6. The molecule has 150 valence electrons. The van der Waals surface area contributed by atoms with Gasteiger partial charge in [0.2, 0.25) is 0 Å². The molecule has 9 heteroatoms. The van der Waals surface area contributed by atoms with E-state index in [0.717, 1.165) is 42.5 Å². The smallest absolute Gasteiger partial charge is 0.341 e. The molecule has 0 atom stereocenters. The molecule has 0 spiro atoms. The molecule has 0 aromatic carbocycles. The number of aromatic nitrogens is 2. The monoisotopic (exact) mass is 405 g/mol. The number of nitrogens with one attached hydrogen (secondary N) is 1. The summed E-state index contributed by atoms with van der Waals surface area (Å²) in [4.78, 5) is 37.0. The molecule has 1 aliphatic rings. The number of anilines is 1. The van der Waals surface area contributed by atoms with E-state index in [1.807, 2.05) is 6.92 Å². The second-order valence-corrected chi connectivity index (χ2v) is 7.72. The largest absolute Gasteiger partial charge is 0.481 e. The van der Waals surface area contributed by atoms with E-state index < -0.39 is 17.8 Å². The summed E-state index contributed by atoms with van der Waals surface area (Å²) in [6.07, 6.45) is 6.00. The highest BCUT2D eigenvalue weighted by atomic mass is 32.1. The lowest BCUT2D eigenvalue weighted by molar-refractivity contribution is -0.137. The van der Waals surface area contributed by atoms with Gasteiger partial charge in [0, 0.05) is 11.1 Å². The first-order valence-electron chi connectivity index (χ1n) is 9.37. The molecule has 0 radical (unpaired) electrons. The van der Waals surface area contributed by atoms with Gasteiger partial charge in [0.25, 0.3) is 5.91 Å². The number of aryl methyl sites for hydroxylation is 2. The Morgan fingerprint density at radius 2 is 2.11 bits per heavy atom. The van der Waals surface area contributed by atoms with Gasteiger partial charge in [0.05, 0.1) is 25.1 Å². The van der Waals surface area contributed by atoms with Crippen LogP contribution in [0.5, 0.6) is 0 Å². The number of ether oxygens (including phenoxy) is 1. The standard InChI is InChI=1S/C19H23N3O5S/c1-2-11-27-19(26)16-12-5-3-4-6-14(12)28-18(16)20-17(25)13-7-9-22(21-13)10-8-15(23)24/h7,9H,2-6,8,10-11H2,1H3,(H,20,25)(H,23,24). The van der Waals surface area contributed by atoms with Gasteiger partial charge in [-0.2, -0.15) is 5.10 Å². The molecule has 0 fully saturated rings. The van der Waals surface area contributed by atoms with Crippen molar-refractivity contribution in [2.24, 2.45) is 0 Å². The number of amides is 1. The molecule has 28 heavy (non-hydrogen) atoms. The first-order chi connectivity index (χ1) is 13.5. The van der Waals surface area contributed by atoms with E-state index in [1.54, 1.807) is 6.20 Å². The molecule has 0 saturated carbocycles. The van der Waals surface area contributed by atoms with Crippen LogP contribution in [0.15, 0.2) is 12.3 Å². The number of rotatable bonds is 8. The zero-order chi connectivity index (χ0) is 20.1. The molecule has 2 N–H and O–H groups in total. The quantitative estimate of drug-likeness (QED) is 0.653. The van der Waals surface area contributed by atoms with Crippen LogP contribution in [-0.4, -0.2) is 39.3 Å². The lowest BCUT2D eigenvalue weighted by atomic mass is 9.95. The summed E-state index contributed by atoms with van der Waals surface area (Å²) in [5.74, 6) is -1.76. The predicted molar refractivity (Wildman–Crippen MR) is 104 cm³/mol. The van der Waals surface area contributed by atoms with Crippen LogP contribution in [0.2, 0.25) is 0 Å². The van der Waals surface area contributed by atoms with Gasteiger partial charge in [0.15, 0.2) is 5.69 Å². The van der Waals surface area contributed by atoms with Crippen LogP contribution in [0.25, 0.3) is 0 Å². The van der Waals surface area contributed by atoms with Crippen molar-refractivity contribution in [1.29, 1.82) is 0 Å². The number of carbonyl (C=O) groups is 3. The van der Waals surface area contributed by atoms with Crippen LogP contribution in [0.1, 0.15) is 63.9 Å². The zero-order valence-corrected chi connectivity index (χ0v) is 16.5. The van der Waals surface area contributed by atoms with Gasteiger partial charge in [0.1, 0.15) is 5.00 Å². The summed E-state index contributed by atoms with van der Waals surface area (Å²) in [6, 6.07) is 1.53. The molecule has 8 nitrogen and oxygen atoms in total. The van der Waals surface area contributed by atoms with Crippen molar-refractivity contribution in [3.05, 3.63) is 34.0 Å². The minimum absolute atomic E-state index is 0.0756. The van der Waals surface area contributed by atoms with E-state index in [-0.39, 0.29) is 18.7 Å². The molecule has 2 aromatic rings. The number of carboxylic acid groups (broad SMARTS) is 1. The summed E-state index contributed by atoms with van der Waals surface area (Å²) < 4.78 is 6.74. The predicted octanol–water partition coefficient (Wildman–Crippen LogP) is 3.12. The lowest BCUT2D eigenvalue weighted by Crippen LogP contribution is -2.17. The number of thiophene rings is 1.